The summed E-state index contributed by atoms with van der Waals surface area (Å²) in [5, 5.41) is 12.2. The Morgan fingerprint density at radius 2 is 1.83 bits per heavy atom. The molecule has 2 atom stereocenters. The molecule has 1 aromatic rings. The number of aryl methyl sites for hydroxylation is 1. The second kappa shape index (κ2) is 7.02. The fourth-order valence-electron chi connectivity index (χ4n) is 3.33. The van der Waals surface area contributed by atoms with E-state index in [0.29, 0.717) is 12.8 Å². The number of carboxylic acids is 1. The molecule has 0 bridgehead atoms. The summed E-state index contributed by atoms with van der Waals surface area (Å²) < 4.78 is 5.35. The number of carboxylic acid groups (broad SMARTS) is 1. The van der Waals surface area contributed by atoms with Gasteiger partial charge in [-0.05, 0) is 62.8 Å². The Kier molecular flexibility index (Phi) is 5.29. The van der Waals surface area contributed by atoms with E-state index in [1.54, 1.807) is 7.11 Å². The van der Waals surface area contributed by atoms with E-state index in [4.69, 9.17) is 9.84 Å². The van der Waals surface area contributed by atoms with Crippen LogP contribution in [0.3, 0.4) is 0 Å². The standard InChI is InChI=1S/C18H25NO4/c1-10-8-15(23-4)11(2)12(3)16(10)19-17(20)13-6-5-7-14(9-13)18(21)22/h8,13-14H,5-7,9H2,1-4H3,(H,19,20)(H,21,22). The molecule has 1 aliphatic carbocycles. The summed E-state index contributed by atoms with van der Waals surface area (Å²) in [6.45, 7) is 5.86. The Morgan fingerprint density at radius 3 is 2.43 bits per heavy atom. The zero-order valence-corrected chi connectivity index (χ0v) is 14.2. The molecule has 0 spiro atoms. The van der Waals surface area contributed by atoms with Crippen LogP contribution in [0.2, 0.25) is 0 Å². The monoisotopic (exact) mass is 319 g/mol. The van der Waals surface area contributed by atoms with Gasteiger partial charge in [-0.25, -0.2) is 0 Å². The topological polar surface area (TPSA) is 75.6 Å². The van der Waals surface area contributed by atoms with Crippen LogP contribution in [-0.2, 0) is 9.59 Å². The maximum atomic E-state index is 12.6. The second-order valence-corrected chi connectivity index (χ2v) is 6.41. The fraction of sp³-hybridized carbons (Fsp3) is 0.556. The van der Waals surface area contributed by atoms with Gasteiger partial charge in [0.05, 0.1) is 13.0 Å². The van der Waals surface area contributed by atoms with Gasteiger partial charge in [0, 0.05) is 11.6 Å². The van der Waals surface area contributed by atoms with Crippen LogP contribution in [0.5, 0.6) is 5.75 Å². The molecule has 0 radical (unpaired) electrons. The molecule has 2 N–H and O–H groups in total. The van der Waals surface area contributed by atoms with Crippen LogP contribution in [0.15, 0.2) is 6.07 Å². The minimum atomic E-state index is -0.796. The van der Waals surface area contributed by atoms with Crippen molar-refractivity contribution in [2.24, 2.45) is 11.8 Å². The Balaban J connectivity index is 2.17. The van der Waals surface area contributed by atoms with Gasteiger partial charge in [0.25, 0.3) is 0 Å². The number of hydrogen-bond acceptors (Lipinski definition) is 3. The number of methoxy groups -OCH3 is 1. The smallest absolute Gasteiger partial charge is 0.306 e. The summed E-state index contributed by atoms with van der Waals surface area (Å²) in [5.41, 5.74) is 3.75. The highest BCUT2D eigenvalue weighted by molar-refractivity contribution is 5.94. The predicted octanol–water partition coefficient (Wildman–Crippen LogP) is 3.45. The van der Waals surface area contributed by atoms with E-state index >= 15 is 0 Å². The summed E-state index contributed by atoms with van der Waals surface area (Å²) in [6, 6.07) is 1.92. The molecule has 0 aromatic heterocycles. The van der Waals surface area contributed by atoms with E-state index in [0.717, 1.165) is 41.0 Å². The summed E-state index contributed by atoms with van der Waals surface area (Å²) in [4.78, 5) is 23.7. The first kappa shape index (κ1) is 17.3. The third kappa shape index (κ3) is 3.66. The van der Waals surface area contributed by atoms with E-state index in [-0.39, 0.29) is 11.8 Å². The number of benzene rings is 1. The van der Waals surface area contributed by atoms with Crippen molar-refractivity contribution in [1.29, 1.82) is 0 Å². The van der Waals surface area contributed by atoms with Crippen molar-refractivity contribution >= 4 is 17.6 Å². The van der Waals surface area contributed by atoms with E-state index in [2.05, 4.69) is 5.32 Å². The average Bonchev–Trinajstić information content (AvgIpc) is 2.54. The van der Waals surface area contributed by atoms with E-state index in [1.165, 1.54) is 0 Å². The molecule has 5 heteroatoms. The van der Waals surface area contributed by atoms with E-state index in [1.807, 2.05) is 26.8 Å². The quantitative estimate of drug-likeness (QED) is 0.891. The minimum Gasteiger partial charge on any atom is -0.496 e. The van der Waals surface area contributed by atoms with Crippen LogP contribution in [0.1, 0.15) is 42.4 Å². The van der Waals surface area contributed by atoms with Gasteiger partial charge >= 0.3 is 5.97 Å². The molecule has 0 saturated heterocycles. The van der Waals surface area contributed by atoms with Gasteiger partial charge in [0.1, 0.15) is 5.75 Å². The Hall–Kier alpha value is -2.04. The number of anilines is 1. The minimum absolute atomic E-state index is 0.0771. The highest BCUT2D eigenvalue weighted by Crippen LogP contribution is 2.34. The van der Waals surface area contributed by atoms with Gasteiger partial charge in [-0.2, -0.15) is 0 Å². The first-order chi connectivity index (χ1) is 10.8. The fourth-order valence-corrected chi connectivity index (χ4v) is 3.33. The lowest BCUT2D eigenvalue weighted by Gasteiger charge is -2.26. The van der Waals surface area contributed by atoms with Crippen molar-refractivity contribution < 1.29 is 19.4 Å². The SMILES string of the molecule is COc1cc(C)c(NC(=O)C2CCCC(C(=O)O)C2)c(C)c1C. The maximum absolute atomic E-state index is 12.6. The van der Waals surface area contributed by atoms with Crippen molar-refractivity contribution in [3.8, 4) is 5.75 Å². The molecule has 1 saturated carbocycles. The van der Waals surface area contributed by atoms with Gasteiger partial charge < -0.3 is 15.2 Å². The molecule has 2 rings (SSSR count). The number of nitrogens with one attached hydrogen (secondary N) is 1. The molecule has 1 aliphatic rings. The van der Waals surface area contributed by atoms with Crippen LogP contribution >= 0.6 is 0 Å². The highest BCUT2D eigenvalue weighted by atomic mass is 16.5. The largest absolute Gasteiger partial charge is 0.496 e. The van der Waals surface area contributed by atoms with Crippen LogP contribution < -0.4 is 10.1 Å². The molecule has 5 nitrogen and oxygen atoms in total. The van der Waals surface area contributed by atoms with Crippen LogP contribution in [0.25, 0.3) is 0 Å². The van der Waals surface area contributed by atoms with Gasteiger partial charge in [-0.3, -0.25) is 9.59 Å². The molecule has 1 aromatic carbocycles. The number of amides is 1. The second-order valence-electron chi connectivity index (χ2n) is 6.41. The van der Waals surface area contributed by atoms with Crippen molar-refractivity contribution in [3.63, 3.8) is 0 Å². The summed E-state index contributed by atoms with van der Waals surface area (Å²) in [5.74, 6) is -0.700. The summed E-state index contributed by atoms with van der Waals surface area (Å²) >= 11 is 0. The van der Waals surface area contributed by atoms with Crippen molar-refractivity contribution in [1.82, 2.24) is 0 Å². The number of rotatable bonds is 4. The Morgan fingerprint density at radius 1 is 1.17 bits per heavy atom. The lowest BCUT2D eigenvalue weighted by Crippen LogP contribution is -2.31. The normalized spacial score (nSPS) is 20.9. The molecule has 0 aliphatic heterocycles. The lowest BCUT2D eigenvalue weighted by molar-refractivity contribution is -0.143. The van der Waals surface area contributed by atoms with Gasteiger partial charge in [0.15, 0.2) is 0 Å². The number of carbonyl (C=O) groups excluding carboxylic acids is 1. The lowest BCUT2D eigenvalue weighted by atomic mass is 9.81. The van der Waals surface area contributed by atoms with Crippen molar-refractivity contribution in [2.75, 3.05) is 12.4 Å². The number of hydrogen-bond donors (Lipinski definition) is 2. The van der Waals surface area contributed by atoms with Crippen molar-refractivity contribution in [2.45, 2.75) is 46.5 Å². The van der Waals surface area contributed by atoms with Crippen molar-refractivity contribution in [3.05, 3.63) is 22.8 Å². The zero-order chi connectivity index (χ0) is 17.1. The molecule has 1 fully saturated rings. The average molecular weight is 319 g/mol. The molecule has 23 heavy (non-hydrogen) atoms. The Labute approximate surface area is 137 Å². The third-order valence-corrected chi connectivity index (χ3v) is 4.91. The number of carbonyl (C=O) groups is 2. The Bertz CT molecular complexity index is 624. The molecular weight excluding hydrogens is 294 g/mol. The van der Waals surface area contributed by atoms with Crippen LogP contribution in [0, 0.1) is 32.6 Å². The summed E-state index contributed by atoms with van der Waals surface area (Å²) in [6.07, 6.45) is 2.63. The first-order valence-electron chi connectivity index (χ1n) is 8.03. The molecular formula is C18H25NO4. The number of aliphatic carboxylic acids is 1. The molecule has 1 amide bonds. The zero-order valence-electron chi connectivity index (χ0n) is 14.2. The molecule has 2 unspecified atom stereocenters. The predicted molar refractivity (Wildman–Crippen MR) is 88.9 cm³/mol. The van der Waals surface area contributed by atoms with Crippen LogP contribution in [0.4, 0.5) is 5.69 Å². The first-order valence-corrected chi connectivity index (χ1v) is 8.03. The van der Waals surface area contributed by atoms with E-state index < -0.39 is 11.9 Å². The van der Waals surface area contributed by atoms with Gasteiger partial charge in [-0.1, -0.05) is 6.42 Å². The molecule has 0 heterocycles. The van der Waals surface area contributed by atoms with Gasteiger partial charge in [-0.15, -0.1) is 0 Å². The third-order valence-electron chi connectivity index (χ3n) is 4.91. The molecule has 126 valence electrons. The highest BCUT2D eigenvalue weighted by Gasteiger charge is 2.31. The number of ether oxygens (including phenoxy) is 1. The van der Waals surface area contributed by atoms with Crippen LogP contribution in [-0.4, -0.2) is 24.1 Å². The summed E-state index contributed by atoms with van der Waals surface area (Å²) in [7, 11) is 1.63. The van der Waals surface area contributed by atoms with E-state index in [9.17, 15) is 9.59 Å². The van der Waals surface area contributed by atoms with Gasteiger partial charge in [0.2, 0.25) is 5.91 Å². The maximum Gasteiger partial charge on any atom is 0.306 e.